The number of likely N-dealkylation sites (N-methyl/N-ethyl adjacent to an activating group) is 1. The number of hydrogen-bond donors (Lipinski definition) is 1. The topological polar surface area (TPSA) is 61.2 Å². The Bertz CT molecular complexity index is 429. The Labute approximate surface area is 107 Å². The fourth-order valence-corrected chi connectivity index (χ4v) is 2.05. The van der Waals surface area contributed by atoms with Gasteiger partial charge in [-0.3, -0.25) is 9.88 Å². The second-order valence-corrected chi connectivity index (χ2v) is 4.30. The highest BCUT2D eigenvalue weighted by Gasteiger charge is 2.19. The third-order valence-electron chi connectivity index (χ3n) is 3.13. The Kier molecular flexibility index (Phi) is 4.51. The van der Waals surface area contributed by atoms with E-state index in [4.69, 9.17) is 10.00 Å². The molecule has 2 rings (SSSR count). The minimum absolute atomic E-state index is 0.172. The molecule has 1 fully saturated rings. The first-order valence-corrected chi connectivity index (χ1v) is 6.25. The second kappa shape index (κ2) is 6.34. The van der Waals surface area contributed by atoms with Crippen LogP contribution in [0, 0.1) is 11.3 Å². The van der Waals surface area contributed by atoms with Gasteiger partial charge in [0.2, 0.25) is 0 Å². The van der Waals surface area contributed by atoms with E-state index >= 15 is 0 Å². The van der Waals surface area contributed by atoms with Gasteiger partial charge in [-0.15, -0.1) is 0 Å². The third-order valence-corrected chi connectivity index (χ3v) is 3.13. The van der Waals surface area contributed by atoms with Gasteiger partial charge < -0.3 is 10.1 Å². The molecule has 1 aromatic heterocycles. The van der Waals surface area contributed by atoms with Crippen LogP contribution >= 0.6 is 0 Å². The van der Waals surface area contributed by atoms with Crippen LogP contribution in [0.2, 0.25) is 0 Å². The van der Waals surface area contributed by atoms with Crippen LogP contribution in [0.1, 0.15) is 12.5 Å². The molecule has 1 aliphatic rings. The van der Waals surface area contributed by atoms with Crippen molar-refractivity contribution >= 4 is 5.69 Å². The van der Waals surface area contributed by atoms with Gasteiger partial charge in [0, 0.05) is 25.8 Å². The molecule has 5 heteroatoms. The Balaban J connectivity index is 1.89. The lowest BCUT2D eigenvalue weighted by atomic mass is 10.2. The van der Waals surface area contributed by atoms with Crippen LogP contribution in [0.5, 0.6) is 0 Å². The van der Waals surface area contributed by atoms with Gasteiger partial charge in [0.15, 0.2) is 0 Å². The number of nitrogens with one attached hydrogen (secondary N) is 1. The lowest BCUT2D eigenvalue weighted by Crippen LogP contribution is -2.45. The summed E-state index contributed by atoms with van der Waals surface area (Å²) in [6, 6.07) is 3.86. The third kappa shape index (κ3) is 3.19. The monoisotopic (exact) mass is 246 g/mol. The lowest BCUT2D eigenvalue weighted by Gasteiger charge is -2.32. The van der Waals surface area contributed by atoms with Crippen LogP contribution in [0.3, 0.4) is 0 Å². The van der Waals surface area contributed by atoms with Crippen molar-refractivity contribution in [2.75, 3.05) is 38.1 Å². The largest absolute Gasteiger partial charge is 0.380 e. The predicted octanol–water partition coefficient (Wildman–Crippen LogP) is 1.09. The van der Waals surface area contributed by atoms with Crippen LogP contribution in [0.25, 0.3) is 0 Å². The summed E-state index contributed by atoms with van der Waals surface area (Å²) in [6.07, 6.45) is 3.48. The normalized spacial score (nSPS) is 20.3. The van der Waals surface area contributed by atoms with Crippen molar-refractivity contribution in [2.24, 2.45) is 0 Å². The van der Waals surface area contributed by atoms with Crippen molar-refractivity contribution in [2.45, 2.75) is 13.0 Å². The Morgan fingerprint density at radius 3 is 3.33 bits per heavy atom. The summed E-state index contributed by atoms with van der Waals surface area (Å²) in [5, 5.41) is 12.2. The standard InChI is InChI=1S/C13H18N4O/c1-2-17-5-6-18-12(10-17)8-16-13-9-15-4-3-11(13)7-14/h3-4,9,12,16H,2,5-6,8,10H2,1H3. The maximum absolute atomic E-state index is 8.98. The first kappa shape index (κ1) is 12.8. The van der Waals surface area contributed by atoms with Crippen LogP contribution in [-0.4, -0.2) is 48.8 Å². The van der Waals surface area contributed by atoms with Crippen molar-refractivity contribution in [3.05, 3.63) is 24.0 Å². The summed E-state index contributed by atoms with van der Waals surface area (Å²) in [7, 11) is 0. The van der Waals surface area contributed by atoms with Gasteiger partial charge in [-0.25, -0.2) is 0 Å². The van der Waals surface area contributed by atoms with E-state index in [0.717, 1.165) is 31.9 Å². The molecule has 0 aliphatic carbocycles. The van der Waals surface area contributed by atoms with Gasteiger partial charge in [0.1, 0.15) is 6.07 Å². The average Bonchev–Trinajstić information content (AvgIpc) is 2.45. The quantitative estimate of drug-likeness (QED) is 0.861. The van der Waals surface area contributed by atoms with Crippen LogP contribution in [0.15, 0.2) is 18.5 Å². The molecule has 2 heterocycles. The maximum Gasteiger partial charge on any atom is 0.101 e. The number of anilines is 1. The van der Waals surface area contributed by atoms with E-state index < -0.39 is 0 Å². The molecule has 0 amide bonds. The van der Waals surface area contributed by atoms with Gasteiger partial charge in [0.25, 0.3) is 0 Å². The fraction of sp³-hybridized carbons (Fsp3) is 0.538. The molecule has 0 spiro atoms. The van der Waals surface area contributed by atoms with E-state index in [1.165, 1.54) is 0 Å². The molecule has 0 radical (unpaired) electrons. The summed E-state index contributed by atoms with van der Waals surface area (Å²) in [5.74, 6) is 0. The molecule has 1 saturated heterocycles. The summed E-state index contributed by atoms with van der Waals surface area (Å²) < 4.78 is 5.70. The second-order valence-electron chi connectivity index (χ2n) is 4.30. The molecule has 0 bridgehead atoms. The first-order chi connectivity index (χ1) is 8.83. The molecule has 1 N–H and O–H groups in total. The van der Waals surface area contributed by atoms with Crippen LogP contribution in [-0.2, 0) is 4.74 Å². The number of rotatable bonds is 4. The molecule has 1 unspecified atom stereocenters. The number of nitrogens with zero attached hydrogens (tertiary/aromatic N) is 3. The molecular formula is C13H18N4O. The minimum atomic E-state index is 0.172. The number of ether oxygens (including phenoxy) is 1. The Hall–Kier alpha value is -1.64. The molecule has 0 saturated carbocycles. The fourth-order valence-electron chi connectivity index (χ4n) is 2.05. The molecule has 0 aromatic carbocycles. The van der Waals surface area contributed by atoms with Gasteiger partial charge in [-0.05, 0) is 12.6 Å². The van der Waals surface area contributed by atoms with Gasteiger partial charge >= 0.3 is 0 Å². The maximum atomic E-state index is 8.98. The first-order valence-electron chi connectivity index (χ1n) is 6.25. The van der Waals surface area contributed by atoms with Gasteiger partial charge in [-0.1, -0.05) is 6.92 Å². The molecule has 1 aromatic rings. The summed E-state index contributed by atoms with van der Waals surface area (Å²) >= 11 is 0. The Morgan fingerprint density at radius 1 is 1.67 bits per heavy atom. The zero-order valence-corrected chi connectivity index (χ0v) is 10.6. The highest BCUT2D eigenvalue weighted by atomic mass is 16.5. The summed E-state index contributed by atoms with van der Waals surface area (Å²) in [6.45, 7) is 6.63. The van der Waals surface area contributed by atoms with E-state index in [-0.39, 0.29) is 6.10 Å². The highest BCUT2D eigenvalue weighted by molar-refractivity contribution is 5.55. The summed E-state index contributed by atoms with van der Waals surface area (Å²) in [5.41, 5.74) is 1.39. The lowest BCUT2D eigenvalue weighted by molar-refractivity contribution is -0.0191. The number of hydrogen-bond acceptors (Lipinski definition) is 5. The zero-order chi connectivity index (χ0) is 12.8. The number of nitriles is 1. The number of morpholine rings is 1. The zero-order valence-electron chi connectivity index (χ0n) is 10.6. The molecule has 96 valence electrons. The number of aromatic nitrogens is 1. The smallest absolute Gasteiger partial charge is 0.101 e. The van der Waals surface area contributed by atoms with E-state index in [0.29, 0.717) is 12.1 Å². The minimum Gasteiger partial charge on any atom is -0.380 e. The average molecular weight is 246 g/mol. The van der Waals surface area contributed by atoms with Gasteiger partial charge in [-0.2, -0.15) is 5.26 Å². The Morgan fingerprint density at radius 2 is 2.56 bits per heavy atom. The van der Waals surface area contributed by atoms with Crippen molar-refractivity contribution in [1.29, 1.82) is 5.26 Å². The van der Waals surface area contributed by atoms with Crippen LogP contribution < -0.4 is 5.32 Å². The van der Waals surface area contributed by atoms with Crippen molar-refractivity contribution in [3.63, 3.8) is 0 Å². The molecule has 1 aliphatic heterocycles. The van der Waals surface area contributed by atoms with E-state index in [2.05, 4.69) is 28.2 Å². The van der Waals surface area contributed by atoms with E-state index in [9.17, 15) is 0 Å². The molecular weight excluding hydrogens is 228 g/mol. The molecule has 5 nitrogen and oxygen atoms in total. The van der Waals surface area contributed by atoms with Crippen molar-refractivity contribution in [1.82, 2.24) is 9.88 Å². The van der Waals surface area contributed by atoms with Gasteiger partial charge in [0.05, 0.1) is 30.2 Å². The van der Waals surface area contributed by atoms with E-state index in [1.807, 2.05) is 0 Å². The summed E-state index contributed by atoms with van der Waals surface area (Å²) in [4.78, 5) is 6.39. The highest BCUT2D eigenvalue weighted by Crippen LogP contribution is 2.13. The molecule has 1 atom stereocenters. The van der Waals surface area contributed by atoms with Crippen LogP contribution in [0.4, 0.5) is 5.69 Å². The molecule has 18 heavy (non-hydrogen) atoms. The number of pyridine rings is 1. The van der Waals surface area contributed by atoms with E-state index in [1.54, 1.807) is 18.5 Å². The SMILES string of the molecule is CCN1CCOC(CNc2cnccc2C#N)C1. The predicted molar refractivity (Wildman–Crippen MR) is 69.3 cm³/mol. The van der Waals surface area contributed by atoms with Crippen molar-refractivity contribution < 1.29 is 4.74 Å². The van der Waals surface area contributed by atoms with Crippen molar-refractivity contribution in [3.8, 4) is 6.07 Å².